The molecule has 0 aromatic carbocycles. The summed E-state index contributed by atoms with van der Waals surface area (Å²) in [5.74, 6) is -5.03. The number of aliphatic carboxylic acids is 2. The second-order valence-corrected chi connectivity index (χ2v) is 4.64. The number of rotatable bonds is 7. The van der Waals surface area contributed by atoms with E-state index in [1.807, 2.05) is 0 Å². The molecule has 0 aliphatic heterocycles. The number of carboxylic acids is 2. The number of aliphatic hydroxyl groups is 1. The van der Waals surface area contributed by atoms with Gasteiger partial charge in [-0.05, 0) is 11.8 Å². The van der Waals surface area contributed by atoms with Crippen molar-refractivity contribution in [3.05, 3.63) is 0 Å². The molecule has 0 heterocycles. The van der Waals surface area contributed by atoms with Crippen molar-refractivity contribution in [1.82, 2.24) is 0 Å². The topological polar surface area (TPSA) is 94.8 Å². The number of carbonyl (C=O) groups is 2. The van der Waals surface area contributed by atoms with Gasteiger partial charge in [0, 0.05) is 0 Å². The Morgan fingerprint density at radius 1 is 1.12 bits per heavy atom. The van der Waals surface area contributed by atoms with Gasteiger partial charge in [0.1, 0.15) is 0 Å². The molecule has 0 radical (unpaired) electrons. The third kappa shape index (κ3) is 2.97. The molecule has 4 unspecified atom stereocenters. The molecule has 0 rings (SSSR count). The van der Waals surface area contributed by atoms with Crippen molar-refractivity contribution in [1.29, 1.82) is 0 Å². The fourth-order valence-corrected chi connectivity index (χ4v) is 2.06. The zero-order chi connectivity index (χ0) is 13.8. The van der Waals surface area contributed by atoms with Crippen molar-refractivity contribution in [2.45, 2.75) is 46.1 Å². The summed E-state index contributed by atoms with van der Waals surface area (Å²) in [5, 5.41) is 28.7. The summed E-state index contributed by atoms with van der Waals surface area (Å²) in [6, 6.07) is 0. The van der Waals surface area contributed by atoms with Crippen molar-refractivity contribution < 1.29 is 24.9 Å². The molecular formula is C12H22O5. The standard InChI is InChI=1S/C12H22O5/c1-5-7(3)9(10(13)14)12(17,11(15)16)8(4)6-2/h7-9,17H,5-6H2,1-4H3,(H,13,14)(H,15,16). The van der Waals surface area contributed by atoms with Crippen LogP contribution in [0.25, 0.3) is 0 Å². The largest absolute Gasteiger partial charge is 0.481 e. The fourth-order valence-electron chi connectivity index (χ4n) is 2.06. The Balaban J connectivity index is 5.53. The van der Waals surface area contributed by atoms with Crippen LogP contribution in [0.15, 0.2) is 0 Å². The second-order valence-electron chi connectivity index (χ2n) is 4.64. The van der Waals surface area contributed by atoms with Gasteiger partial charge in [-0.15, -0.1) is 0 Å². The predicted molar refractivity (Wildman–Crippen MR) is 62.6 cm³/mol. The minimum absolute atomic E-state index is 0.400. The summed E-state index contributed by atoms with van der Waals surface area (Å²) in [7, 11) is 0. The van der Waals surface area contributed by atoms with Crippen LogP contribution in [-0.4, -0.2) is 32.9 Å². The molecule has 17 heavy (non-hydrogen) atoms. The highest BCUT2D eigenvalue weighted by Crippen LogP contribution is 2.35. The zero-order valence-electron chi connectivity index (χ0n) is 10.8. The van der Waals surface area contributed by atoms with Gasteiger partial charge in [0.15, 0.2) is 5.60 Å². The lowest BCUT2D eigenvalue weighted by atomic mass is 9.70. The predicted octanol–water partition coefficient (Wildman–Crippen LogP) is 1.60. The normalized spacial score (nSPS) is 20.1. The molecule has 4 atom stereocenters. The van der Waals surface area contributed by atoms with Crippen LogP contribution in [0.1, 0.15) is 40.5 Å². The van der Waals surface area contributed by atoms with Crippen LogP contribution in [-0.2, 0) is 9.59 Å². The minimum atomic E-state index is -2.21. The van der Waals surface area contributed by atoms with Gasteiger partial charge in [0.2, 0.25) is 0 Å². The first-order valence-corrected chi connectivity index (χ1v) is 5.91. The molecule has 0 aliphatic carbocycles. The van der Waals surface area contributed by atoms with Crippen LogP contribution in [0.4, 0.5) is 0 Å². The minimum Gasteiger partial charge on any atom is -0.481 e. The van der Waals surface area contributed by atoms with E-state index < -0.39 is 35.3 Å². The van der Waals surface area contributed by atoms with Crippen molar-refractivity contribution in [3.63, 3.8) is 0 Å². The van der Waals surface area contributed by atoms with Gasteiger partial charge in [-0.1, -0.05) is 40.5 Å². The SMILES string of the molecule is CCC(C)C(C(=O)O)C(O)(C(=O)O)C(C)CC. The van der Waals surface area contributed by atoms with E-state index in [1.54, 1.807) is 27.7 Å². The third-order valence-electron chi connectivity index (χ3n) is 3.66. The van der Waals surface area contributed by atoms with Gasteiger partial charge in [0.05, 0.1) is 5.92 Å². The Kier molecular flexibility index (Phi) is 5.61. The van der Waals surface area contributed by atoms with Crippen LogP contribution in [0.3, 0.4) is 0 Å². The zero-order valence-corrected chi connectivity index (χ0v) is 10.8. The molecule has 5 heteroatoms. The Labute approximate surface area is 101 Å². The number of hydrogen-bond acceptors (Lipinski definition) is 3. The highest BCUT2D eigenvalue weighted by molar-refractivity contribution is 5.86. The van der Waals surface area contributed by atoms with Crippen LogP contribution >= 0.6 is 0 Å². The summed E-state index contributed by atoms with van der Waals surface area (Å²) in [5.41, 5.74) is -2.21. The molecule has 0 amide bonds. The van der Waals surface area contributed by atoms with Crippen LogP contribution in [0.5, 0.6) is 0 Å². The summed E-state index contributed by atoms with van der Waals surface area (Å²) < 4.78 is 0. The third-order valence-corrected chi connectivity index (χ3v) is 3.66. The maximum Gasteiger partial charge on any atom is 0.336 e. The Bertz CT molecular complexity index is 289. The Morgan fingerprint density at radius 3 is 1.82 bits per heavy atom. The lowest BCUT2D eigenvalue weighted by Gasteiger charge is -2.37. The van der Waals surface area contributed by atoms with Gasteiger partial charge in [-0.3, -0.25) is 4.79 Å². The summed E-state index contributed by atoms with van der Waals surface area (Å²) in [4.78, 5) is 22.5. The average molecular weight is 246 g/mol. The van der Waals surface area contributed by atoms with Gasteiger partial charge >= 0.3 is 11.9 Å². The van der Waals surface area contributed by atoms with E-state index in [0.29, 0.717) is 12.8 Å². The van der Waals surface area contributed by atoms with E-state index in [1.165, 1.54) is 0 Å². The Morgan fingerprint density at radius 2 is 1.59 bits per heavy atom. The Hall–Kier alpha value is -1.10. The van der Waals surface area contributed by atoms with Crippen LogP contribution in [0.2, 0.25) is 0 Å². The molecule has 3 N–H and O–H groups in total. The lowest BCUT2D eigenvalue weighted by molar-refractivity contribution is -0.186. The number of hydrogen-bond donors (Lipinski definition) is 3. The van der Waals surface area contributed by atoms with Crippen molar-refractivity contribution in [2.24, 2.45) is 17.8 Å². The van der Waals surface area contributed by atoms with E-state index in [9.17, 15) is 24.9 Å². The fraction of sp³-hybridized carbons (Fsp3) is 0.833. The van der Waals surface area contributed by atoms with Gasteiger partial charge in [0.25, 0.3) is 0 Å². The molecule has 0 aromatic rings. The first-order chi connectivity index (χ1) is 7.73. The molecule has 100 valence electrons. The lowest BCUT2D eigenvalue weighted by Crippen LogP contribution is -2.56. The molecule has 0 spiro atoms. The van der Waals surface area contributed by atoms with E-state index in [-0.39, 0.29) is 0 Å². The average Bonchev–Trinajstić information content (AvgIpc) is 2.26. The molecule has 0 aliphatic rings. The maximum absolute atomic E-state index is 11.3. The summed E-state index contributed by atoms with van der Waals surface area (Å²) in [6.45, 7) is 6.72. The van der Waals surface area contributed by atoms with Gasteiger partial charge < -0.3 is 15.3 Å². The number of carboxylic acid groups (broad SMARTS) is 2. The van der Waals surface area contributed by atoms with Gasteiger partial charge in [-0.25, -0.2) is 4.79 Å². The van der Waals surface area contributed by atoms with Crippen molar-refractivity contribution >= 4 is 11.9 Å². The molecule has 0 saturated heterocycles. The highest BCUT2D eigenvalue weighted by atomic mass is 16.4. The quantitative estimate of drug-likeness (QED) is 0.634. The van der Waals surface area contributed by atoms with E-state index in [2.05, 4.69) is 0 Å². The molecule has 5 nitrogen and oxygen atoms in total. The smallest absolute Gasteiger partial charge is 0.336 e. The summed E-state index contributed by atoms with van der Waals surface area (Å²) >= 11 is 0. The van der Waals surface area contributed by atoms with Crippen LogP contribution < -0.4 is 0 Å². The van der Waals surface area contributed by atoms with E-state index in [4.69, 9.17) is 0 Å². The molecule has 0 aromatic heterocycles. The van der Waals surface area contributed by atoms with Crippen molar-refractivity contribution in [2.75, 3.05) is 0 Å². The second kappa shape index (κ2) is 6.00. The molecule has 0 fully saturated rings. The van der Waals surface area contributed by atoms with Crippen molar-refractivity contribution in [3.8, 4) is 0 Å². The monoisotopic (exact) mass is 246 g/mol. The molecular weight excluding hydrogens is 224 g/mol. The van der Waals surface area contributed by atoms with Crippen LogP contribution in [0, 0.1) is 17.8 Å². The van der Waals surface area contributed by atoms with Gasteiger partial charge in [-0.2, -0.15) is 0 Å². The van der Waals surface area contributed by atoms with E-state index in [0.717, 1.165) is 0 Å². The first kappa shape index (κ1) is 15.9. The maximum atomic E-state index is 11.3. The molecule has 0 saturated carbocycles. The molecule has 0 bridgehead atoms. The highest BCUT2D eigenvalue weighted by Gasteiger charge is 2.53. The summed E-state index contributed by atoms with van der Waals surface area (Å²) in [6.07, 6.45) is 0.909. The first-order valence-electron chi connectivity index (χ1n) is 5.91. The van der Waals surface area contributed by atoms with E-state index >= 15 is 0 Å².